The molecule has 1 N–H and O–H groups in total. The van der Waals surface area contributed by atoms with Crippen molar-refractivity contribution in [2.24, 2.45) is 0 Å². The van der Waals surface area contributed by atoms with Crippen LogP contribution in [0.5, 0.6) is 5.75 Å². The van der Waals surface area contributed by atoms with E-state index in [-0.39, 0.29) is 38.6 Å². The molecule has 0 saturated heterocycles. The number of ether oxygens (including phenoxy) is 1. The molecule has 0 saturated carbocycles. The van der Waals surface area contributed by atoms with Gasteiger partial charge < -0.3 is 4.74 Å². The average Bonchev–Trinajstić information content (AvgIpc) is 2.72. The predicted octanol–water partition coefficient (Wildman–Crippen LogP) is 3.86. The second-order valence-electron chi connectivity index (χ2n) is 6.10. The summed E-state index contributed by atoms with van der Waals surface area (Å²) in [4.78, 5) is 11.9. The molecule has 158 valence electrons. The molecule has 30 heavy (non-hydrogen) atoms. The molecule has 0 spiro atoms. The standard InChI is InChI=1S/C19H16Cl3N3O4S/c1-29-13-4-2-12(3-5-13)17-6-7-19(26)25(24-17)9-8-23-30(27,28)18-11-15(21)14(20)10-16(18)22/h2-7,10-11,23H,8-9H2,1H3. The largest absolute Gasteiger partial charge is 0.497 e. The summed E-state index contributed by atoms with van der Waals surface area (Å²) in [6.45, 7) is -0.0706. The Bertz CT molecular complexity index is 1230. The third-order valence-corrected chi connectivity index (χ3v) is 6.78. The van der Waals surface area contributed by atoms with Crippen LogP contribution in [0.2, 0.25) is 15.1 Å². The second-order valence-corrected chi connectivity index (χ2v) is 9.06. The maximum absolute atomic E-state index is 12.5. The monoisotopic (exact) mass is 487 g/mol. The molecule has 7 nitrogen and oxygen atoms in total. The zero-order valence-electron chi connectivity index (χ0n) is 15.6. The van der Waals surface area contributed by atoms with E-state index >= 15 is 0 Å². The van der Waals surface area contributed by atoms with Crippen LogP contribution in [-0.2, 0) is 16.6 Å². The Morgan fingerprint density at radius 3 is 2.33 bits per heavy atom. The summed E-state index contributed by atoms with van der Waals surface area (Å²) in [7, 11) is -2.40. The van der Waals surface area contributed by atoms with E-state index in [1.54, 1.807) is 25.3 Å². The smallest absolute Gasteiger partial charge is 0.266 e. The van der Waals surface area contributed by atoms with Crippen molar-refractivity contribution in [1.29, 1.82) is 0 Å². The van der Waals surface area contributed by atoms with E-state index in [1.807, 2.05) is 12.1 Å². The minimum Gasteiger partial charge on any atom is -0.497 e. The Kier molecular flexibility index (Phi) is 7.05. The number of halogens is 3. The first-order valence-electron chi connectivity index (χ1n) is 8.58. The molecule has 0 fully saturated rings. The lowest BCUT2D eigenvalue weighted by molar-refractivity contribution is 0.415. The molecule has 0 amide bonds. The molecule has 2 aromatic carbocycles. The first-order chi connectivity index (χ1) is 14.2. The molecule has 0 radical (unpaired) electrons. The van der Waals surface area contributed by atoms with Crippen LogP contribution in [0.15, 0.2) is 58.2 Å². The number of benzene rings is 2. The van der Waals surface area contributed by atoms with Gasteiger partial charge in [-0.15, -0.1) is 0 Å². The normalized spacial score (nSPS) is 11.5. The van der Waals surface area contributed by atoms with E-state index in [0.29, 0.717) is 11.4 Å². The van der Waals surface area contributed by atoms with Crippen LogP contribution in [0.1, 0.15) is 0 Å². The van der Waals surface area contributed by atoms with Gasteiger partial charge in [0.25, 0.3) is 5.56 Å². The molecule has 11 heteroatoms. The number of aromatic nitrogens is 2. The molecule has 0 aliphatic carbocycles. The van der Waals surface area contributed by atoms with E-state index in [4.69, 9.17) is 39.5 Å². The van der Waals surface area contributed by atoms with Gasteiger partial charge in [-0.3, -0.25) is 4.79 Å². The third kappa shape index (κ3) is 5.14. The summed E-state index contributed by atoms with van der Waals surface area (Å²) in [6.07, 6.45) is 0. The van der Waals surface area contributed by atoms with Gasteiger partial charge in [0.05, 0.1) is 34.4 Å². The van der Waals surface area contributed by atoms with Crippen LogP contribution in [0, 0.1) is 0 Å². The van der Waals surface area contributed by atoms with Gasteiger partial charge in [0, 0.05) is 18.2 Å². The molecule has 0 unspecified atom stereocenters. The van der Waals surface area contributed by atoms with Crippen LogP contribution >= 0.6 is 34.8 Å². The molecule has 0 bridgehead atoms. The summed E-state index contributed by atoms with van der Waals surface area (Å²) in [6, 6.07) is 12.6. The van der Waals surface area contributed by atoms with E-state index in [0.717, 1.165) is 5.56 Å². The highest BCUT2D eigenvalue weighted by molar-refractivity contribution is 7.89. The Morgan fingerprint density at radius 1 is 1.00 bits per heavy atom. The molecule has 1 aromatic heterocycles. The van der Waals surface area contributed by atoms with Crippen LogP contribution in [-0.4, -0.2) is 31.9 Å². The van der Waals surface area contributed by atoms with E-state index < -0.39 is 10.0 Å². The van der Waals surface area contributed by atoms with Crippen molar-refractivity contribution >= 4 is 44.8 Å². The lowest BCUT2D eigenvalue weighted by Gasteiger charge is -2.11. The van der Waals surface area contributed by atoms with Gasteiger partial charge in [0.15, 0.2) is 0 Å². The molecule has 3 aromatic rings. The third-order valence-electron chi connectivity index (χ3n) is 4.13. The first kappa shape index (κ1) is 22.6. The quantitative estimate of drug-likeness (QED) is 0.510. The molecule has 0 atom stereocenters. The van der Waals surface area contributed by atoms with Crippen molar-refractivity contribution < 1.29 is 13.2 Å². The van der Waals surface area contributed by atoms with Crippen molar-refractivity contribution in [3.05, 3.63) is 74.0 Å². The van der Waals surface area contributed by atoms with Gasteiger partial charge in [0.2, 0.25) is 10.0 Å². The maximum Gasteiger partial charge on any atom is 0.266 e. The summed E-state index contributed by atoms with van der Waals surface area (Å²) in [5.74, 6) is 0.697. The van der Waals surface area contributed by atoms with Crippen molar-refractivity contribution in [2.45, 2.75) is 11.4 Å². The van der Waals surface area contributed by atoms with E-state index in [1.165, 1.54) is 22.9 Å². The summed E-state index contributed by atoms with van der Waals surface area (Å²) in [5.41, 5.74) is 0.986. The lowest BCUT2D eigenvalue weighted by Crippen LogP contribution is -2.32. The Labute approximate surface area is 188 Å². The highest BCUT2D eigenvalue weighted by Crippen LogP contribution is 2.31. The van der Waals surface area contributed by atoms with Gasteiger partial charge in [-0.25, -0.2) is 17.8 Å². The summed E-state index contributed by atoms with van der Waals surface area (Å²) < 4.78 is 33.7. The van der Waals surface area contributed by atoms with Crippen LogP contribution in [0.4, 0.5) is 0 Å². The van der Waals surface area contributed by atoms with Gasteiger partial charge in [-0.2, -0.15) is 5.10 Å². The Morgan fingerprint density at radius 2 is 1.67 bits per heavy atom. The zero-order valence-corrected chi connectivity index (χ0v) is 18.7. The molecular weight excluding hydrogens is 473 g/mol. The number of rotatable bonds is 7. The highest BCUT2D eigenvalue weighted by atomic mass is 35.5. The second kappa shape index (κ2) is 9.36. The highest BCUT2D eigenvalue weighted by Gasteiger charge is 2.19. The van der Waals surface area contributed by atoms with Crippen LogP contribution in [0.25, 0.3) is 11.3 Å². The molecule has 3 rings (SSSR count). The van der Waals surface area contributed by atoms with Crippen LogP contribution in [0.3, 0.4) is 0 Å². The average molecular weight is 489 g/mol. The van der Waals surface area contributed by atoms with Gasteiger partial charge >= 0.3 is 0 Å². The number of nitrogens with one attached hydrogen (secondary N) is 1. The molecule has 0 aliphatic rings. The number of nitrogens with zero attached hydrogens (tertiary/aromatic N) is 2. The minimum atomic E-state index is -3.97. The van der Waals surface area contributed by atoms with E-state index in [2.05, 4.69) is 9.82 Å². The van der Waals surface area contributed by atoms with Crippen LogP contribution < -0.4 is 15.0 Å². The molecule has 0 aliphatic heterocycles. The topological polar surface area (TPSA) is 90.3 Å². The number of hydrogen-bond donors (Lipinski definition) is 1. The fraction of sp³-hybridized carbons (Fsp3) is 0.158. The van der Waals surface area contributed by atoms with E-state index in [9.17, 15) is 13.2 Å². The number of hydrogen-bond acceptors (Lipinski definition) is 5. The molecular formula is C19H16Cl3N3O4S. The molecule has 1 heterocycles. The fourth-order valence-electron chi connectivity index (χ4n) is 2.60. The number of sulfonamides is 1. The van der Waals surface area contributed by atoms with Crippen molar-refractivity contribution in [3.8, 4) is 17.0 Å². The Balaban J connectivity index is 1.75. The predicted molar refractivity (Wildman–Crippen MR) is 117 cm³/mol. The number of methoxy groups -OCH3 is 1. The Hall–Kier alpha value is -2.10. The zero-order chi connectivity index (χ0) is 21.9. The van der Waals surface area contributed by atoms with Crippen molar-refractivity contribution in [3.63, 3.8) is 0 Å². The SMILES string of the molecule is COc1ccc(-c2ccc(=O)n(CCNS(=O)(=O)c3cc(Cl)c(Cl)cc3Cl)n2)cc1. The first-order valence-corrected chi connectivity index (χ1v) is 11.2. The lowest BCUT2D eigenvalue weighted by atomic mass is 10.1. The van der Waals surface area contributed by atoms with Crippen molar-refractivity contribution in [2.75, 3.05) is 13.7 Å². The fourth-order valence-corrected chi connectivity index (χ4v) is 4.62. The summed E-state index contributed by atoms with van der Waals surface area (Å²) >= 11 is 17.7. The maximum atomic E-state index is 12.5. The minimum absolute atomic E-state index is 0.0149. The van der Waals surface area contributed by atoms with Crippen molar-refractivity contribution in [1.82, 2.24) is 14.5 Å². The van der Waals surface area contributed by atoms with Gasteiger partial charge in [-0.1, -0.05) is 34.8 Å². The van der Waals surface area contributed by atoms with Gasteiger partial charge in [-0.05, 0) is 42.5 Å². The summed E-state index contributed by atoms with van der Waals surface area (Å²) in [5, 5.41) is 4.44. The van der Waals surface area contributed by atoms with Gasteiger partial charge in [0.1, 0.15) is 10.6 Å².